The monoisotopic (exact) mass is 361 g/mol. The van der Waals surface area contributed by atoms with E-state index in [1.54, 1.807) is 0 Å². The lowest BCUT2D eigenvalue weighted by Gasteiger charge is -2.25. The molecule has 1 N–H and O–H groups in total. The first-order valence-corrected chi connectivity index (χ1v) is 9.42. The SMILES string of the molecule is CCCc1cc(-c2ccc(Cl)cc2Cl)cc2c1OC1CCNCC21. The van der Waals surface area contributed by atoms with E-state index in [0.29, 0.717) is 22.1 Å². The minimum Gasteiger partial charge on any atom is -0.489 e. The van der Waals surface area contributed by atoms with Gasteiger partial charge in [-0.15, -0.1) is 0 Å². The van der Waals surface area contributed by atoms with Crippen LogP contribution in [0.3, 0.4) is 0 Å². The van der Waals surface area contributed by atoms with Crippen LogP contribution < -0.4 is 10.1 Å². The first kappa shape index (κ1) is 16.3. The Labute approximate surface area is 153 Å². The van der Waals surface area contributed by atoms with Gasteiger partial charge in [0.2, 0.25) is 0 Å². The first-order valence-electron chi connectivity index (χ1n) is 8.67. The minimum atomic E-state index is 0.313. The number of aryl methyl sites for hydroxylation is 1. The van der Waals surface area contributed by atoms with Crippen molar-refractivity contribution in [1.82, 2.24) is 5.32 Å². The maximum Gasteiger partial charge on any atom is 0.126 e. The summed E-state index contributed by atoms with van der Waals surface area (Å²) >= 11 is 12.5. The zero-order valence-corrected chi connectivity index (χ0v) is 15.3. The summed E-state index contributed by atoms with van der Waals surface area (Å²) in [5.41, 5.74) is 4.83. The summed E-state index contributed by atoms with van der Waals surface area (Å²) in [6.45, 7) is 4.23. The fourth-order valence-electron chi connectivity index (χ4n) is 3.90. The van der Waals surface area contributed by atoms with E-state index >= 15 is 0 Å². The van der Waals surface area contributed by atoms with Crippen molar-refractivity contribution in [3.05, 3.63) is 51.5 Å². The molecule has 1 fully saturated rings. The van der Waals surface area contributed by atoms with Gasteiger partial charge in [0.1, 0.15) is 11.9 Å². The van der Waals surface area contributed by atoms with E-state index in [0.717, 1.165) is 49.2 Å². The summed E-state index contributed by atoms with van der Waals surface area (Å²) < 4.78 is 6.34. The highest BCUT2D eigenvalue weighted by Crippen LogP contribution is 2.46. The van der Waals surface area contributed by atoms with Crippen LogP contribution in [0.4, 0.5) is 0 Å². The average molecular weight is 362 g/mol. The fraction of sp³-hybridized carbons (Fsp3) is 0.400. The molecule has 0 amide bonds. The Morgan fingerprint density at radius 1 is 1.21 bits per heavy atom. The predicted molar refractivity (Wildman–Crippen MR) is 101 cm³/mol. The van der Waals surface area contributed by atoms with Crippen molar-refractivity contribution in [1.29, 1.82) is 0 Å². The Morgan fingerprint density at radius 2 is 2.08 bits per heavy atom. The van der Waals surface area contributed by atoms with E-state index in [1.165, 1.54) is 11.1 Å². The van der Waals surface area contributed by atoms with E-state index in [-0.39, 0.29) is 0 Å². The summed E-state index contributed by atoms with van der Waals surface area (Å²) in [5.74, 6) is 1.56. The topological polar surface area (TPSA) is 21.3 Å². The Hall–Kier alpha value is -1.22. The van der Waals surface area contributed by atoms with E-state index < -0.39 is 0 Å². The Kier molecular flexibility index (Phi) is 4.46. The lowest BCUT2D eigenvalue weighted by molar-refractivity contribution is 0.171. The zero-order chi connectivity index (χ0) is 16.7. The Balaban J connectivity index is 1.83. The van der Waals surface area contributed by atoms with Gasteiger partial charge >= 0.3 is 0 Å². The van der Waals surface area contributed by atoms with Gasteiger partial charge in [0.25, 0.3) is 0 Å². The third-order valence-electron chi connectivity index (χ3n) is 5.04. The fourth-order valence-corrected chi connectivity index (χ4v) is 4.42. The van der Waals surface area contributed by atoms with Crippen LogP contribution in [0.15, 0.2) is 30.3 Å². The molecular formula is C20H21Cl2NO. The van der Waals surface area contributed by atoms with Crippen LogP contribution in [0.2, 0.25) is 10.0 Å². The molecule has 1 saturated heterocycles. The molecule has 0 bridgehead atoms. The lowest BCUT2D eigenvalue weighted by Crippen LogP contribution is -2.37. The average Bonchev–Trinajstić information content (AvgIpc) is 2.94. The summed E-state index contributed by atoms with van der Waals surface area (Å²) in [6.07, 6.45) is 3.50. The van der Waals surface area contributed by atoms with E-state index in [1.807, 2.05) is 18.2 Å². The molecule has 24 heavy (non-hydrogen) atoms. The molecule has 0 saturated carbocycles. The van der Waals surface area contributed by atoms with Crippen LogP contribution in [0.25, 0.3) is 11.1 Å². The molecule has 4 rings (SSSR count). The van der Waals surface area contributed by atoms with Crippen LogP contribution >= 0.6 is 23.2 Å². The van der Waals surface area contributed by atoms with Crippen LogP contribution in [0.1, 0.15) is 36.8 Å². The molecular weight excluding hydrogens is 341 g/mol. The highest BCUT2D eigenvalue weighted by molar-refractivity contribution is 6.36. The van der Waals surface area contributed by atoms with Crippen LogP contribution in [-0.4, -0.2) is 19.2 Å². The molecule has 2 aliphatic heterocycles. The highest BCUT2D eigenvalue weighted by atomic mass is 35.5. The number of hydrogen-bond donors (Lipinski definition) is 1. The molecule has 2 heterocycles. The number of benzene rings is 2. The largest absolute Gasteiger partial charge is 0.489 e. The Bertz CT molecular complexity index is 774. The van der Waals surface area contributed by atoms with Crippen molar-refractivity contribution in [3.63, 3.8) is 0 Å². The van der Waals surface area contributed by atoms with Crippen molar-refractivity contribution >= 4 is 23.2 Å². The molecule has 2 nitrogen and oxygen atoms in total. The van der Waals surface area contributed by atoms with Gasteiger partial charge in [0.05, 0.1) is 0 Å². The number of halogens is 2. The minimum absolute atomic E-state index is 0.313. The van der Waals surface area contributed by atoms with E-state index in [4.69, 9.17) is 27.9 Å². The van der Waals surface area contributed by atoms with Crippen molar-refractivity contribution in [2.75, 3.05) is 13.1 Å². The molecule has 0 aliphatic carbocycles. The van der Waals surface area contributed by atoms with Gasteiger partial charge in [-0.25, -0.2) is 0 Å². The number of fused-ring (bicyclic) bond motifs is 3. The van der Waals surface area contributed by atoms with Gasteiger partial charge in [0.15, 0.2) is 0 Å². The quantitative estimate of drug-likeness (QED) is 0.784. The van der Waals surface area contributed by atoms with Gasteiger partial charge in [-0.1, -0.05) is 42.6 Å². The van der Waals surface area contributed by atoms with Gasteiger partial charge in [0, 0.05) is 33.6 Å². The van der Waals surface area contributed by atoms with Gasteiger partial charge in [-0.05, 0) is 54.8 Å². The molecule has 2 aliphatic rings. The molecule has 4 heteroatoms. The number of nitrogens with one attached hydrogen (secondary N) is 1. The molecule has 2 unspecified atom stereocenters. The van der Waals surface area contributed by atoms with Crippen molar-refractivity contribution < 1.29 is 4.74 Å². The van der Waals surface area contributed by atoms with Crippen molar-refractivity contribution in [3.8, 4) is 16.9 Å². The molecule has 2 atom stereocenters. The zero-order valence-electron chi connectivity index (χ0n) is 13.7. The molecule has 126 valence electrons. The molecule has 2 aromatic rings. The summed E-state index contributed by atoms with van der Waals surface area (Å²) in [7, 11) is 0. The first-order chi connectivity index (χ1) is 11.7. The number of rotatable bonds is 3. The predicted octanol–water partition coefficient (Wildman–Crippen LogP) is 5.45. The third-order valence-corrected chi connectivity index (χ3v) is 5.59. The van der Waals surface area contributed by atoms with Crippen LogP contribution in [-0.2, 0) is 6.42 Å². The number of hydrogen-bond acceptors (Lipinski definition) is 2. The summed E-state index contributed by atoms with van der Waals surface area (Å²) in [6, 6.07) is 10.2. The normalized spacial score (nSPS) is 22.0. The number of ether oxygens (including phenoxy) is 1. The standard InChI is InChI=1S/C20H21Cl2NO/c1-2-3-12-8-13(15-5-4-14(21)10-18(15)22)9-16-17-11-23-7-6-19(17)24-20(12)16/h4-5,8-10,17,19,23H,2-3,6-7,11H2,1H3. The molecule has 0 radical (unpaired) electrons. The number of piperidine rings is 1. The smallest absolute Gasteiger partial charge is 0.126 e. The molecule has 0 aromatic heterocycles. The molecule has 0 spiro atoms. The lowest BCUT2D eigenvalue weighted by atomic mass is 9.87. The second-order valence-corrected chi connectivity index (χ2v) is 7.53. The van der Waals surface area contributed by atoms with Crippen molar-refractivity contribution in [2.24, 2.45) is 0 Å². The summed E-state index contributed by atoms with van der Waals surface area (Å²) in [5, 5.41) is 4.86. The van der Waals surface area contributed by atoms with Gasteiger partial charge < -0.3 is 10.1 Å². The maximum absolute atomic E-state index is 6.45. The maximum atomic E-state index is 6.45. The highest BCUT2D eigenvalue weighted by Gasteiger charge is 2.37. The van der Waals surface area contributed by atoms with Gasteiger partial charge in [-0.3, -0.25) is 0 Å². The molecule has 2 aromatic carbocycles. The summed E-state index contributed by atoms with van der Waals surface area (Å²) in [4.78, 5) is 0. The van der Waals surface area contributed by atoms with Gasteiger partial charge in [-0.2, -0.15) is 0 Å². The van der Waals surface area contributed by atoms with Crippen molar-refractivity contribution in [2.45, 2.75) is 38.2 Å². The van der Waals surface area contributed by atoms with Crippen LogP contribution in [0, 0.1) is 0 Å². The van der Waals surface area contributed by atoms with Crippen LogP contribution in [0.5, 0.6) is 5.75 Å². The second-order valence-electron chi connectivity index (χ2n) is 6.68. The third kappa shape index (κ3) is 2.81. The van der Waals surface area contributed by atoms with E-state index in [9.17, 15) is 0 Å². The second kappa shape index (κ2) is 6.59. The van der Waals surface area contributed by atoms with E-state index in [2.05, 4.69) is 24.4 Å². The Morgan fingerprint density at radius 3 is 2.88 bits per heavy atom.